The van der Waals surface area contributed by atoms with Crippen LogP contribution in [0.5, 0.6) is 0 Å². The molecule has 0 N–H and O–H groups in total. The van der Waals surface area contributed by atoms with Crippen LogP contribution in [0.1, 0.15) is 26.7 Å². The summed E-state index contributed by atoms with van der Waals surface area (Å²) < 4.78 is 5.40. The third-order valence-electron chi connectivity index (χ3n) is 3.46. The Kier molecular flexibility index (Phi) is 1.31. The summed E-state index contributed by atoms with van der Waals surface area (Å²) in [7, 11) is 0. The van der Waals surface area contributed by atoms with Crippen LogP contribution in [0.2, 0.25) is 0 Å². The molecule has 1 aliphatic heterocycles. The van der Waals surface area contributed by atoms with E-state index in [4.69, 9.17) is 4.74 Å². The molecule has 2 rings (SSSR count). The summed E-state index contributed by atoms with van der Waals surface area (Å²) in [5, 5.41) is 0. The lowest BCUT2D eigenvalue weighted by Gasteiger charge is -2.25. The molecule has 0 aromatic heterocycles. The first kappa shape index (κ1) is 6.66. The lowest BCUT2D eigenvalue weighted by atomic mass is 9.86. The van der Waals surface area contributed by atoms with Crippen LogP contribution < -0.4 is 0 Å². The highest BCUT2D eigenvalue weighted by Gasteiger charge is 2.56. The SMILES string of the molecule is CC(C)[C@@]12CCOC[C@@H]1C2. The van der Waals surface area contributed by atoms with Crippen molar-refractivity contribution in [2.75, 3.05) is 13.2 Å². The maximum Gasteiger partial charge on any atom is 0.0499 e. The summed E-state index contributed by atoms with van der Waals surface area (Å²) in [5.41, 5.74) is 0.720. The van der Waals surface area contributed by atoms with Crippen LogP contribution >= 0.6 is 0 Å². The summed E-state index contributed by atoms with van der Waals surface area (Å²) in [5.74, 6) is 1.79. The molecule has 1 saturated carbocycles. The van der Waals surface area contributed by atoms with E-state index in [0.29, 0.717) is 0 Å². The molecule has 1 aliphatic carbocycles. The Hall–Kier alpha value is -0.0400. The molecule has 2 atom stereocenters. The van der Waals surface area contributed by atoms with Crippen molar-refractivity contribution in [3.63, 3.8) is 0 Å². The fraction of sp³-hybridized carbons (Fsp3) is 1.00. The molecule has 2 fully saturated rings. The summed E-state index contributed by atoms with van der Waals surface area (Å²) >= 11 is 0. The molecule has 0 unspecified atom stereocenters. The highest BCUT2D eigenvalue weighted by molar-refractivity contribution is 5.05. The molecule has 0 amide bonds. The van der Waals surface area contributed by atoms with Crippen molar-refractivity contribution in [3.05, 3.63) is 0 Å². The second-order valence-electron chi connectivity index (χ2n) is 4.11. The van der Waals surface area contributed by atoms with Crippen LogP contribution in [0, 0.1) is 17.3 Å². The van der Waals surface area contributed by atoms with Crippen LogP contribution in [0.4, 0.5) is 0 Å². The molecule has 1 heteroatoms. The van der Waals surface area contributed by atoms with Crippen molar-refractivity contribution in [2.24, 2.45) is 17.3 Å². The van der Waals surface area contributed by atoms with Gasteiger partial charge in [0.1, 0.15) is 0 Å². The van der Waals surface area contributed by atoms with Gasteiger partial charge in [-0.25, -0.2) is 0 Å². The standard InChI is InChI=1S/C9H16O/c1-7(2)9-3-4-10-6-8(9)5-9/h7-8H,3-6H2,1-2H3/t8-,9-/m0/s1. The molecule has 0 aromatic rings. The molecule has 10 heavy (non-hydrogen) atoms. The highest BCUT2D eigenvalue weighted by Crippen LogP contribution is 2.61. The Bertz CT molecular complexity index is 142. The predicted octanol–water partition coefficient (Wildman–Crippen LogP) is 2.07. The van der Waals surface area contributed by atoms with Crippen LogP contribution in [0.25, 0.3) is 0 Å². The fourth-order valence-electron chi connectivity index (χ4n) is 2.41. The monoisotopic (exact) mass is 140 g/mol. The molecular formula is C9H16O. The van der Waals surface area contributed by atoms with Gasteiger partial charge in [-0.15, -0.1) is 0 Å². The lowest BCUT2D eigenvalue weighted by molar-refractivity contribution is 0.0463. The molecule has 2 aliphatic rings. The van der Waals surface area contributed by atoms with Gasteiger partial charge < -0.3 is 4.74 Å². The van der Waals surface area contributed by atoms with Gasteiger partial charge in [0.15, 0.2) is 0 Å². The number of rotatable bonds is 1. The van der Waals surface area contributed by atoms with Gasteiger partial charge in [-0.3, -0.25) is 0 Å². The molecule has 0 radical (unpaired) electrons. The average Bonchev–Trinajstić information content (AvgIpc) is 2.61. The average molecular weight is 140 g/mol. The van der Waals surface area contributed by atoms with Crippen LogP contribution in [-0.4, -0.2) is 13.2 Å². The van der Waals surface area contributed by atoms with E-state index in [1.54, 1.807) is 0 Å². The van der Waals surface area contributed by atoms with E-state index in [9.17, 15) is 0 Å². The van der Waals surface area contributed by atoms with Gasteiger partial charge in [0.05, 0.1) is 0 Å². The maximum atomic E-state index is 5.40. The topological polar surface area (TPSA) is 9.23 Å². The van der Waals surface area contributed by atoms with E-state index in [1.807, 2.05) is 0 Å². The molecule has 1 nitrogen and oxygen atoms in total. The number of fused-ring (bicyclic) bond motifs is 1. The molecule has 0 spiro atoms. The molecule has 58 valence electrons. The van der Waals surface area contributed by atoms with Gasteiger partial charge in [-0.2, -0.15) is 0 Å². The van der Waals surface area contributed by atoms with Crippen molar-refractivity contribution in [3.8, 4) is 0 Å². The van der Waals surface area contributed by atoms with Crippen LogP contribution in [0.15, 0.2) is 0 Å². The minimum Gasteiger partial charge on any atom is -0.381 e. The van der Waals surface area contributed by atoms with Gasteiger partial charge in [-0.1, -0.05) is 13.8 Å². The van der Waals surface area contributed by atoms with Crippen molar-refractivity contribution in [2.45, 2.75) is 26.7 Å². The third kappa shape index (κ3) is 0.731. The normalized spacial score (nSPS) is 45.3. The minimum atomic E-state index is 0.720. The minimum absolute atomic E-state index is 0.720. The lowest BCUT2D eigenvalue weighted by Crippen LogP contribution is -2.22. The van der Waals surface area contributed by atoms with E-state index in [2.05, 4.69) is 13.8 Å². The van der Waals surface area contributed by atoms with E-state index in [-0.39, 0.29) is 0 Å². The summed E-state index contributed by atoms with van der Waals surface area (Å²) in [4.78, 5) is 0. The number of hydrogen-bond donors (Lipinski definition) is 0. The second-order valence-corrected chi connectivity index (χ2v) is 4.11. The smallest absolute Gasteiger partial charge is 0.0499 e. The summed E-state index contributed by atoms with van der Waals surface area (Å²) in [6.07, 6.45) is 2.75. The first-order chi connectivity index (χ1) is 4.76. The van der Waals surface area contributed by atoms with E-state index >= 15 is 0 Å². The van der Waals surface area contributed by atoms with Gasteiger partial charge in [0.2, 0.25) is 0 Å². The number of ether oxygens (including phenoxy) is 1. The van der Waals surface area contributed by atoms with Crippen LogP contribution in [0.3, 0.4) is 0 Å². The first-order valence-corrected chi connectivity index (χ1v) is 4.33. The van der Waals surface area contributed by atoms with Gasteiger partial charge in [-0.05, 0) is 30.1 Å². The van der Waals surface area contributed by atoms with E-state index in [1.165, 1.54) is 12.8 Å². The van der Waals surface area contributed by atoms with E-state index in [0.717, 1.165) is 30.5 Å². The molecule has 1 saturated heterocycles. The van der Waals surface area contributed by atoms with Crippen molar-refractivity contribution >= 4 is 0 Å². The molecule has 1 heterocycles. The van der Waals surface area contributed by atoms with Gasteiger partial charge in [0, 0.05) is 13.2 Å². The first-order valence-electron chi connectivity index (χ1n) is 4.33. The van der Waals surface area contributed by atoms with Crippen molar-refractivity contribution in [1.82, 2.24) is 0 Å². The fourth-order valence-corrected chi connectivity index (χ4v) is 2.41. The predicted molar refractivity (Wildman–Crippen MR) is 40.8 cm³/mol. The van der Waals surface area contributed by atoms with Crippen molar-refractivity contribution < 1.29 is 4.74 Å². The zero-order chi connectivity index (χ0) is 7.19. The Balaban J connectivity index is 2.05. The Labute approximate surface area is 62.8 Å². The maximum absolute atomic E-state index is 5.40. The number of hydrogen-bond acceptors (Lipinski definition) is 1. The second kappa shape index (κ2) is 1.97. The molecule has 0 aromatic carbocycles. The molecular weight excluding hydrogens is 124 g/mol. The van der Waals surface area contributed by atoms with Crippen molar-refractivity contribution in [1.29, 1.82) is 0 Å². The third-order valence-corrected chi connectivity index (χ3v) is 3.46. The summed E-state index contributed by atoms with van der Waals surface area (Å²) in [6, 6.07) is 0. The van der Waals surface area contributed by atoms with Gasteiger partial charge >= 0.3 is 0 Å². The zero-order valence-electron chi connectivity index (χ0n) is 6.89. The molecule has 0 bridgehead atoms. The zero-order valence-corrected chi connectivity index (χ0v) is 6.89. The highest BCUT2D eigenvalue weighted by atomic mass is 16.5. The largest absolute Gasteiger partial charge is 0.381 e. The Morgan fingerprint density at radius 2 is 2.30 bits per heavy atom. The van der Waals surface area contributed by atoms with Crippen LogP contribution in [-0.2, 0) is 4.74 Å². The Morgan fingerprint density at radius 1 is 1.50 bits per heavy atom. The van der Waals surface area contributed by atoms with Gasteiger partial charge in [0.25, 0.3) is 0 Å². The van der Waals surface area contributed by atoms with E-state index < -0.39 is 0 Å². The quantitative estimate of drug-likeness (QED) is 0.541. The Morgan fingerprint density at radius 3 is 2.80 bits per heavy atom. The summed E-state index contributed by atoms with van der Waals surface area (Å²) in [6.45, 7) is 6.75.